The molecule has 2 aromatic heterocycles. The van der Waals surface area contributed by atoms with Gasteiger partial charge in [-0.1, -0.05) is 17.3 Å². The predicted octanol–water partition coefficient (Wildman–Crippen LogP) is 3.65. The monoisotopic (exact) mass is 354 g/mol. The van der Waals surface area contributed by atoms with Crippen molar-refractivity contribution in [3.05, 3.63) is 58.7 Å². The second kappa shape index (κ2) is 7.43. The van der Waals surface area contributed by atoms with E-state index in [-0.39, 0.29) is 18.2 Å². The number of nitrogens with zero attached hydrogens (tertiary/aromatic N) is 3. The lowest BCUT2D eigenvalue weighted by atomic mass is 10.2. The number of carbonyl (C=O) groups excluding carboxylic acids is 1. The van der Waals surface area contributed by atoms with Gasteiger partial charge < -0.3 is 14.6 Å². The number of ether oxygens (including phenoxy) is 1. The Morgan fingerprint density at radius 1 is 1.31 bits per heavy atom. The van der Waals surface area contributed by atoms with Crippen molar-refractivity contribution in [3.8, 4) is 5.75 Å². The number of rotatable bonds is 6. The molecule has 0 aliphatic heterocycles. The molecule has 0 saturated carbocycles. The summed E-state index contributed by atoms with van der Waals surface area (Å²) in [6.07, 6.45) is 1.63. The highest BCUT2D eigenvalue weighted by Gasteiger charge is 2.21. The van der Waals surface area contributed by atoms with Crippen molar-refractivity contribution in [3.63, 3.8) is 0 Å². The van der Waals surface area contributed by atoms with E-state index in [1.165, 1.54) is 0 Å². The Labute approximate surface area is 151 Å². The van der Waals surface area contributed by atoms with Gasteiger partial charge in [0, 0.05) is 6.54 Å². The smallest absolute Gasteiger partial charge is 0.278 e. The number of aromatic nitrogens is 3. The Bertz CT molecular complexity index is 927. The van der Waals surface area contributed by atoms with Gasteiger partial charge in [-0.15, -0.1) is 0 Å². The van der Waals surface area contributed by atoms with Crippen LogP contribution in [0.25, 0.3) is 0 Å². The molecule has 0 saturated heterocycles. The molecular weight excluding hydrogens is 332 g/mol. The standard InChI is InChI=1S/C19H22N4O3/c1-5-23-13(3)17(10-20-23)21-19(24)18-16(14(4)26-22-18)11-25-15-8-6-7-12(2)9-15/h6-10H,5,11H2,1-4H3,(H,21,24). The van der Waals surface area contributed by atoms with Gasteiger partial charge in [-0.25, -0.2) is 0 Å². The molecule has 0 bridgehead atoms. The molecule has 3 aromatic rings. The van der Waals surface area contributed by atoms with Crippen LogP contribution in [-0.4, -0.2) is 20.8 Å². The Morgan fingerprint density at radius 3 is 2.81 bits per heavy atom. The molecule has 3 rings (SSSR count). The van der Waals surface area contributed by atoms with E-state index in [0.29, 0.717) is 17.0 Å². The summed E-state index contributed by atoms with van der Waals surface area (Å²) < 4.78 is 12.8. The molecule has 0 fully saturated rings. The second-order valence-electron chi connectivity index (χ2n) is 6.08. The Morgan fingerprint density at radius 2 is 2.12 bits per heavy atom. The maximum absolute atomic E-state index is 12.6. The van der Waals surface area contributed by atoms with E-state index >= 15 is 0 Å². The van der Waals surface area contributed by atoms with Crippen molar-refractivity contribution < 1.29 is 14.1 Å². The van der Waals surface area contributed by atoms with E-state index in [4.69, 9.17) is 9.26 Å². The Hall–Kier alpha value is -3.09. The quantitative estimate of drug-likeness (QED) is 0.731. The Balaban J connectivity index is 1.76. The first-order valence-corrected chi connectivity index (χ1v) is 8.48. The van der Waals surface area contributed by atoms with Crippen LogP contribution in [0.5, 0.6) is 5.75 Å². The SMILES string of the molecule is CCn1ncc(NC(=O)c2noc(C)c2COc2cccc(C)c2)c1C. The molecule has 7 nitrogen and oxygen atoms in total. The zero-order valence-corrected chi connectivity index (χ0v) is 15.4. The molecule has 26 heavy (non-hydrogen) atoms. The zero-order chi connectivity index (χ0) is 18.7. The number of anilines is 1. The average Bonchev–Trinajstić information content (AvgIpc) is 3.16. The molecule has 1 amide bonds. The first kappa shape index (κ1) is 17.7. The first-order chi connectivity index (χ1) is 12.5. The summed E-state index contributed by atoms with van der Waals surface area (Å²) in [6, 6.07) is 7.73. The molecule has 0 aliphatic carbocycles. The largest absolute Gasteiger partial charge is 0.489 e. The van der Waals surface area contributed by atoms with E-state index < -0.39 is 0 Å². The third kappa shape index (κ3) is 3.61. The minimum Gasteiger partial charge on any atom is -0.489 e. The summed E-state index contributed by atoms with van der Waals surface area (Å²) >= 11 is 0. The van der Waals surface area contributed by atoms with Crippen molar-refractivity contribution in [1.29, 1.82) is 0 Å². The van der Waals surface area contributed by atoms with E-state index in [0.717, 1.165) is 23.6 Å². The molecule has 0 atom stereocenters. The summed E-state index contributed by atoms with van der Waals surface area (Å²) in [5, 5.41) is 11.0. The highest BCUT2D eigenvalue weighted by molar-refractivity contribution is 6.04. The van der Waals surface area contributed by atoms with Crippen LogP contribution in [0.1, 0.15) is 40.0 Å². The number of nitrogens with one attached hydrogen (secondary N) is 1. The van der Waals surface area contributed by atoms with E-state index in [9.17, 15) is 4.79 Å². The lowest BCUT2D eigenvalue weighted by molar-refractivity contribution is 0.101. The summed E-state index contributed by atoms with van der Waals surface area (Å²) in [5.74, 6) is 0.948. The fourth-order valence-corrected chi connectivity index (χ4v) is 2.67. The summed E-state index contributed by atoms with van der Waals surface area (Å²) in [5.41, 5.74) is 3.50. The Kier molecular flexibility index (Phi) is 5.06. The summed E-state index contributed by atoms with van der Waals surface area (Å²) in [4.78, 5) is 12.6. The topological polar surface area (TPSA) is 82.2 Å². The molecule has 2 heterocycles. The van der Waals surface area contributed by atoms with Crippen LogP contribution in [0.3, 0.4) is 0 Å². The average molecular weight is 354 g/mol. The maximum atomic E-state index is 12.6. The van der Waals surface area contributed by atoms with Gasteiger partial charge >= 0.3 is 0 Å². The highest BCUT2D eigenvalue weighted by Crippen LogP contribution is 2.21. The molecule has 7 heteroatoms. The molecule has 0 unspecified atom stereocenters. The second-order valence-corrected chi connectivity index (χ2v) is 6.08. The fourth-order valence-electron chi connectivity index (χ4n) is 2.67. The first-order valence-electron chi connectivity index (χ1n) is 8.48. The third-order valence-electron chi connectivity index (χ3n) is 4.22. The van der Waals surface area contributed by atoms with Gasteiger partial charge in [0.05, 0.1) is 23.1 Å². The van der Waals surface area contributed by atoms with Crippen molar-refractivity contribution in [2.75, 3.05) is 5.32 Å². The normalized spacial score (nSPS) is 10.8. The van der Waals surface area contributed by atoms with Gasteiger partial charge in [-0.3, -0.25) is 9.48 Å². The van der Waals surface area contributed by atoms with Crippen LogP contribution in [0.2, 0.25) is 0 Å². The van der Waals surface area contributed by atoms with Crippen molar-refractivity contribution in [1.82, 2.24) is 14.9 Å². The lowest BCUT2D eigenvalue weighted by Gasteiger charge is -2.08. The molecule has 136 valence electrons. The van der Waals surface area contributed by atoms with Crippen molar-refractivity contribution in [2.24, 2.45) is 0 Å². The number of hydrogen-bond donors (Lipinski definition) is 1. The van der Waals surface area contributed by atoms with Gasteiger partial charge in [0.15, 0.2) is 5.69 Å². The maximum Gasteiger partial charge on any atom is 0.278 e. The van der Waals surface area contributed by atoms with Gasteiger partial charge in [0.1, 0.15) is 18.1 Å². The van der Waals surface area contributed by atoms with Crippen LogP contribution in [0.4, 0.5) is 5.69 Å². The van der Waals surface area contributed by atoms with E-state index in [2.05, 4.69) is 15.6 Å². The van der Waals surface area contributed by atoms with Crippen LogP contribution in [0, 0.1) is 20.8 Å². The number of carbonyl (C=O) groups is 1. The number of hydrogen-bond acceptors (Lipinski definition) is 5. The van der Waals surface area contributed by atoms with Gasteiger partial charge in [-0.2, -0.15) is 5.10 Å². The van der Waals surface area contributed by atoms with Crippen LogP contribution >= 0.6 is 0 Å². The fraction of sp³-hybridized carbons (Fsp3) is 0.316. The van der Waals surface area contributed by atoms with Crippen molar-refractivity contribution >= 4 is 11.6 Å². The third-order valence-corrected chi connectivity index (χ3v) is 4.22. The molecule has 1 N–H and O–H groups in total. The van der Waals surface area contributed by atoms with E-state index in [1.807, 2.05) is 49.7 Å². The lowest BCUT2D eigenvalue weighted by Crippen LogP contribution is -2.16. The zero-order valence-electron chi connectivity index (χ0n) is 15.4. The van der Waals surface area contributed by atoms with Crippen LogP contribution in [0.15, 0.2) is 35.0 Å². The minimum absolute atomic E-state index is 0.203. The number of benzene rings is 1. The summed E-state index contributed by atoms with van der Waals surface area (Å²) in [7, 11) is 0. The number of amides is 1. The number of aryl methyl sites for hydroxylation is 3. The van der Waals surface area contributed by atoms with Gasteiger partial charge in [0.25, 0.3) is 5.91 Å². The molecule has 1 aromatic carbocycles. The predicted molar refractivity (Wildman–Crippen MR) is 97.3 cm³/mol. The van der Waals surface area contributed by atoms with E-state index in [1.54, 1.807) is 13.1 Å². The van der Waals surface area contributed by atoms with Crippen LogP contribution < -0.4 is 10.1 Å². The molecule has 0 aliphatic rings. The highest BCUT2D eigenvalue weighted by atomic mass is 16.5. The van der Waals surface area contributed by atoms with Crippen LogP contribution in [-0.2, 0) is 13.2 Å². The molecular formula is C19H22N4O3. The minimum atomic E-state index is -0.344. The molecule has 0 radical (unpaired) electrons. The van der Waals surface area contributed by atoms with Gasteiger partial charge in [0.2, 0.25) is 0 Å². The summed E-state index contributed by atoms with van der Waals surface area (Å²) in [6.45, 7) is 8.60. The van der Waals surface area contributed by atoms with Crippen molar-refractivity contribution in [2.45, 2.75) is 40.8 Å². The van der Waals surface area contributed by atoms with Gasteiger partial charge in [-0.05, 0) is 45.4 Å². The molecule has 0 spiro atoms.